The smallest absolute Gasteiger partial charge is 0.325 e. The quantitative estimate of drug-likeness (QED) is 0.596. The molecule has 2 atom stereocenters. The van der Waals surface area contributed by atoms with Crippen molar-refractivity contribution in [3.8, 4) is 0 Å². The number of carbonyl (C=O) groups excluding carboxylic acids is 2. The predicted molar refractivity (Wildman–Crippen MR) is 50.3 cm³/mol. The van der Waals surface area contributed by atoms with E-state index in [1.54, 1.807) is 6.92 Å². The number of nitrogens with two attached hydrogens (primary N) is 1. The van der Waals surface area contributed by atoms with Gasteiger partial charge in [-0.2, -0.15) is 0 Å². The molecule has 0 saturated carbocycles. The predicted octanol–water partition coefficient (Wildman–Crippen LogP) is -0.597. The van der Waals surface area contributed by atoms with Crippen molar-refractivity contribution in [3.05, 3.63) is 0 Å². The minimum Gasteiger partial charge on any atom is -0.468 e. The van der Waals surface area contributed by atoms with Gasteiger partial charge >= 0.3 is 5.97 Å². The van der Waals surface area contributed by atoms with Gasteiger partial charge in [0.25, 0.3) is 0 Å². The molecule has 5 nitrogen and oxygen atoms in total. The molecule has 1 fully saturated rings. The standard InChI is InChI=1S/C9H16N2O3/c1-9(10,8(13)14-2)5-6-3-4-11-7(6)12/h6H,3-5,10H2,1-2H3,(H,11,12)/t6-,9-/m0/s1. The van der Waals surface area contributed by atoms with Gasteiger partial charge in [-0.05, 0) is 19.8 Å². The normalized spacial score (nSPS) is 25.4. The van der Waals surface area contributed by atoms with Crippen molar-refractivity contribution >= 4 is 11.9 Å². The van der Waals surface area contributed by atoms with Gasteiger partial charge in [0.2, 0.25) is 5.91 Å². The van der Waals surface area contributed by atoms with Crippen molar-refractivity contribution in [1.82, 2.24) is 5.32 Å². The first-order valence-corrected chi connectivity index (χ1v) is 4.62. The Morgan fingerprint density at radius 3 is 2.86 bits per heavy atom. The highest BCUT2D eigenvalue weighted by atomic mass is 16.5. The highest BCUT2D eigenvalue weighted by Crippen LogP contribution is 2.21. The second-order valence-corrected chi connectivity index (χ2v) is 3.89. The number of carbonyl (C=O) groups is 2. The van der Waals surface area contributed by atoms with Gasteiger partial charge in [0.1, 0.15) is 5.54 Å². The summed E-state index contributed by atoms with van der Waals surface area (Å²) < 4.78 is 4.56. The van der Waals surface area contributed by atoms with Crippen molar-refractivity contribution < 1.29 is 14.3 Å². The molecule has 1 aliphatic rings. The molecule has 0 aromatic rings. The van der Waals surface area contributed by atoms with E-state index < -0.39 is 11.5 Å². The summed E-state index contributed by atoms with van der Waals surface area (Å²) in [4.78, 5) is 22.5. The maximum Gasteiger partial charge on any atom is 0.325 e. The van der Waals surface area contributed by atoms with E-state index in [2.05, 4.69) is 10.1 Å². The maximum atomic E-state index is 11.2. The Bertz CT molecular complexity index is 250. The SMILES string of the molecule is COC(=O)[C@@](C)(N)C[C@@H]1CCNC1=O. The van der Waals surface area contributed by atoms with Crippen molar-refractivity contribution in [2.45, 2.75) is 25.3 Å². The van der Waals surface area contributed by atoms with Crippen molar-refractivity contribution in [3.63, 3.8) is 0 Å². The van der Waals surface area contributed by atoms with Crippen LogP contribution in [0.5, 0.6) is 0 Å². The highest BCUT2D eigenvalue weighted by molar-refractivity contribution is 5.84. The maximum absolute atomic E-state index is 11.2. The van der Waals surface area contributed by atoms with E-state index in [-0.39, 0.29) is 11.8 Å². The number of hydrogen-bond donors (Lipinski definition) is 2. The summed E-state index contributed by atoms with van der Waals surface area (Å²) in [5, 5.41) is 2.70. The Morgan fingerprint density at radius 1 is 1.79 bits per heavy atom. The van der Waals surface area contributed by atoms with Gasteiger partial charge in [0.05, 0.1) is 7.11 Å². The van der Waals surface area contributed by atoms with E-state index in [1.807, 2.05) is 0 Å². The Labute approximate surface area is 83.0 Å². The summed E-state index contributed by atoms with van der Waals surface area (Å²) in [6.07, 6.45) is 1.08. The molecule has 1 rings (SSSR count). The Hall–Kier alpha value is -1.10. The lowest BCUT2D eigenvalue weighted by Crippen LogP contribution is -2.48. The molecule has 3 N–H and O–H groups in total. The molecule has 0 unspecified atom stereocenters. The summed E-state index contributed by atoms with van der Waals surface area (Å²) in [6, 6.07) is 0. The Kier molecular flexibility index (Phi) is 3.10. The monoisotopic (exact) mass is 200 g/mol. The van der Waals surface area contributed by atoms with Gasteiger partial charge in [0, 0.05) is 12.5 Å². The van der Waals surface area contributed by atoms with Gasteiger partial charge < -0.3 is 15.8 Å². The molecule has 5 heteroatoms. The lowest BCUT2D eigenvalue weighted by Gasteiger charge is -2.23. The zero-order valence-corrected chi connectivity index (χ0v) is 8.50. The van der Waals surface area contributed by atoms with E-state index in [4.69, 9.17) is 5.73 Å². The zero-order valence-electron chi connectivity index (χ0n) is 8.50. The average molecular weight is 200 g/mol. The van der Waals surface area contributed by atoms with Crippen LogP contribution >= 0.6 is 0 Å². The minimum atomic E-state index is -1.07. The molecule has 1 heterocycles. The van der Waals surface area contributed by atoms with Crippen LogP contribution in [0.4, 0.5) is 0 Å². The number of nitrogens with one attached hydrogen (secondary N) is 1. The molecule has 1 saturated heterocycles. The van der Waals surface area contributed by atoms with Crippen LogP contribution in [0.3, 0.4) is 0 Å². The number of ether oxygens (including phenoxy) is 1. The third-order valence-electron chi connectivity index (χ3n) is 2.48. The fourth-order valence-corrected chi connectivity index (χ4v) is 1.67. The van der Waals surface area contributed by atoms with E-state index in [0.717, 1.165) is 6.42 Å². The van der Waals surface area contributed by atoms with E-state index in [1.165, 1.54) is 7.11 Å². The van der Waals surface area contributed by atoms with Gasteiger partial charge in [0.15, 0.2) is 0 Å². The molecule has 80 valence electrons. The van der Waals surface area contributed by atoms with E-state index in [9.17, 15) is 9.59 Å². The van der Waals surface area contributed by atoms with Crippen LogP contribution in [-0.2, 0) is 14.3 Å². The number of rotatable bonds is 3. The summed E-state index contributed by atoms with van der Waals surface area (Å²) in [6.45, 7) is 2.26. The van der Waals surface area contributed by atoms with E-state index in [0.29, 0.717) is 13.0 Å². The van der Waals surface area contributed by atoms with Crippen LogP contribution in [0.15, 0.2) is 0 Å². The third kappa shape index (κ3) is 2.23. The minimum absolute atomic E-state index is 0.0226. The topological polar surface area (TPSA) is 81.4 Å². The fraction of sp³-hybridized carbons (Fsp3) is 0.778. The highest BCUT2D eigenvalue weighted by Gasteiger charge is 2.36. The van der Waals surface area contributed by atoms with Crippen molar-refractivity contribution in [1.29, 1.82) is 0 Å². The summed E-state index contributed by atoms with van der Waals surface area (Å²) in [5.41, 5.74) is 4.69. The van der Waals surface area contributed by atoms with Gasteiger partial charge in [-0.3, -0.25) is 9.59 Å². The van der Waals surface area contributed by atoms with E-state index >= 15 is 0 Å². The Morgan fingerprint density at radius 2 is 2.43 bits per heavy atom. The Balaban J connectivity index is 2.58. The lowest BCUT2D eigenvalue weighted by atomic mass is 9.89. The van der Waals surface area contributed by atoms with Gasteiger partial charge in [-0.25, -0.2) is 0 Å². The zero-order chi connectivity index (χ0) is 10.8. The second kappa shape index (κ2) is 3.96. The lowest BCUT2D eigenvalue weighted by molar-refractivity contribution is -0.147. The molecule has 0 aromatic carbocycles. The molecule has 0 aliphatic carbocycles. The van der Waals surface area contributed by atoms with Crippen LogP contribution in [0.1, 0.15) is 19.8 Å². The molecule has 0 spiro atoms. The molecular weight excluding hydrogens is 184 g/mol. The number of hydrogen-bond acceptors (Lipinski definition) is 4. The van der Waals surface area contributed by atoms with Crippen LogP contribution < -0.4 is 11.1 Å². The molecular formula is C9H16N2O3. The molecule has 14 heavy (non-hydrogen) atoms. The second-order valence-electron chi connectivity index (χ2n) is 3.89. The number of esters is 1. The average Bonchev–Trinajstić information content (AvgIpc) is 2.50. The van der Waals surface area contributed by atoms with Crippen LogP contribution in [0.25, 0.3) is 0 Å². The first-order valence-electron chi connectivity index (χ1n) is 4.62. The molecule has 1 amide bonds. The van der Waals surface area contributed by atoms with Gasteiger partial charge in [-0.15, -0.1) is 0 Å². The van der Waals surface area contributed by atoms with Gasteiger partial charge in [-0.1, -0.05) is 0 Å². The number of amides is 1. The summed E-state index contributed by atoms with van der Waals surface area (Å²) in [7, 11) is 1.29. The fourth-order valence-electron chi connectivity index (χ4n) is 1.67. The molecule has 0 bridgehead atoms. The van der Waals surface area contributed by atoms with Crippen LogP contribution in [0, 0.1) is 5.92 Å². The third-order valence-corrected chi connectivity index (χ3v) is 2.48. The van der Waals surface area contributed by atoms with Crippen molar-refractivity contribution in [2.24, 2.45) is 11.7 Å². The first-order chi connectivity index (χ1) is 6.47. The summed E-state index contributed by atoms with van der Waals surface area (Å²) in [5.74, 6) is -0.660. The molecule has 0 aromatic heterocycles. The first kappa shape index (κ1) is 11.0. The van der Waals surface area contributed by atoms with Crippen LogP contribution in [-0.4, -0.2) is 31.1 Å². The molecule has 0 radical (unpaired) electrons. The van der Waals surface area contributed by atoms with Crippen molar-refractivity contribution in [2.75, 3.05) is 13.7 Å². The molecule has 1 aliphatic heterocycles. The largest absolute Gasteiger partial charge is 0.468 e. The summed E-state index contributed by atoms with van der Waals surface area (Å²) >= 11 is 0. The number of methoxy groups -OCH3 is 1. The van der Waals surface area contributed by atoms with Crippen LogP contribution in [0.2, 0.25) is 0 Å².